The summed E-state index contributed by atoms with van der Waals surface area (Å²) in [6.07, 6.45) is -0.724. The maximum Gasteiger partial charge on any atom is 0.313 e. The minimum Gasteiger partial charge on any atom is -0.392 e. The van der Waals surface area contributed by atoms with Crippen molar-refractivity contribution in [1.29, 1.82) is 0 Å². The van der Waals surface area contributed by atoms with Crippen LogP contribution in [-0.2, 0) is 9.59 Å². The van der Waals surface area contributed by atoms with E-state index in [0.29, 0.717) is 5.69 Å². The molecule has 3 N–H and O–H groups in total. The predicted octanol–water partition coefficient (Wildman–Crippen LogP) is 0.261. The summed E-state index contributed by atoms with van der Waals surface area (Å²) < 4.78 is 12.6. The SMILES string of the molecule is CC(O)CNC(=O)C(=O)Nc1ccc(F)cc1. The molecule has 0 spiro atoms. The highest BCUT2D eigenvalue weighted by molar-refractivity contribution is 6.39. The van der Waals surface area contributed by atoms with Gasteiger partial charge in [0.05, 0.1) is 6.10 Å². The molecule has 92 valence electrons. The summed E-state index contributed by atoms with van der Waals surface area (Å²) >= 11 is 0. The molecular formula is C11H13FN2O3. The lowest BCUT2D eigenvalue weighted by Gasteiger charge is -2.07. The van der Waals surface area contributed by atoms with Crippen molar-refractivity contribution in [3.63, 3.8) is 0 Å². The van der Waals surface area contributed by atoms with Gasteiger partial charge in [0.1, 0.15) is 5.82 Å². The molecule has 1 aromatic carbocycles. The Hall–Kier alpha value is -1.95. The molecule has 0 bridgehead atoms. The Bertz CT molecular complexity index is 404. The van der Waals surface area contributed by atoms with Crippen molar-refractivity contribution in [1.82, 2.24) is 5.32 Å². The van der Waals surface area contributed by atoms with Crippen LogP contribution in [0.2, 0.25) is 0 Å². The number of anilines is 1. The standard InChI is InChI=1S/C11H13FN2O3/c1-7(15)6-13-10(16)11(17)14-9-4-2-8(12)3-5-9/h2-5,7,15H,6H2,1H3,(H,13,16)(H,14,17). The zero-order chi connectivity index (χ0) is 12.8. The van der Waals surface area contributed by atoms with Crippen molar-refractivity contribution in [3.05, 3.63) is 30.1 Å². The highest BCUT2D eigenvalue weighted by Gasteiger charge is 2.13. The van der Waals surface area contributed by atoms with E-state index in [4.69, 9.17) is 5.11 Å². The number of aliphatic hydroxyl groups is 1. The minimum absolute atomic E-state index is 0.00429. The molecule has 17 heavy (non-hydrogen) atoms. The van der Waals surface area contributed by atoms with Gasteiger partial charge in [-0.05, 0) is 31.2 Å². The first kappa shape index (κ1) is 13.1. The fourth-order valence-electron chi connectivity index (χ4n) is 1.04. The first-order valence-corrected chi connectivity index (χ1v) is 5.02. The van der Waals surface area contributed by atoms with E-state index in [1.54, 1.807) is 0 Å². The summed E-state index contributed by atoms with van der Waals surface area (Å²) in [5, 5.41) is 13.4. The van der Waals surface area contributed by atoms with Gasteiger partial charge in [-0.25, -0.2) is 4.39 Å². The van der Waals surface area contributed by atoms with Gasteiger partial charge in [-0.1, -0.05) is 0 Å². The molecule has 0 heterocycles. The van der Waals surface area contributed by atoms with Gasteiger partial charge >= 0.3 is 11.8 Å². The Kier molecular flexibility index (Phi) is 4.59. The molecule has 2 amide bonds. The average molecular weight is 240 g/mol. The molecule has 0 aliphatic rings. The Balaban J connectivity index is 2.48. The normalized spacial score (nSPS) is 11.7. The van der Waals surface area contributed by atoms with Crippen LogP contribution >= 0.6 is 0 Å². The Labute approximate surface area is 97.6 Å². The van der Waals surface area contributed by atoms with E-state index in [1.165, 1.54) is 31.2 Å². The summed E-state index contributed by atoms with van der Waals surface area (Å²) in [6, 6.07) is 5.02. The van der Waals surface area contributed by atoms with Crippen LogP contribution in [0, 0.1) is 5.82 Å². The van der Waals surface area contributed by atoms with E-state index in [-0.39, 0.29) is 6.54 Å². The van der Waals surface area contributed by atoms with Crippen LogP contribution in [0.4, 0.5) is 10.1 Å². The van der Waals surface area contributed by atoms with E-state index < -0.39 is 23.7 Å². The number of nitrogens with one attached hydrogen (secondary N) is 2. The molecule has 0 saturated heterocycles. The van der Waals surface area contributed by atoms with Crippen molar-refractivity contribution >= 4 is 17.5 Å². The van der Waals surface area contributed by atoms with Gasteiger partial charge in [0.2, 0.25) is 0 Å². The highest BCUT2D eigenvalue weighted by Crippen LogP contribution is 2.07. The maximum atomic E-state index is 12.6. The van der Waals surface area contributed by atoms with E-state index in [2.05, 4.69) is 10.6 Å². The van der Waals surface area contributed by atoms with Crippen molar-refractivity contribution in [3.8, 4) is 0 Å². The number of rotatable bonds is 3. The molecule has 0 radical (unpaired) electrons. The summed E-state index contributed by atoms with van der Waals surface area (Å²) in [4.78, 5) is 22.5. The van der Waals surface area contributed by atoms with Crippen LogP contribution in [0.5, 0.6) is 0 Å². The number of amides is 2. The monoisotopic (exact) mass is 240 g/mol. The molecule has 0 aromatic heterocycles. The fraction of sp³-hybridized carbons (Fsp3) is 0.273. The predicted molar refractivity (Wildman–Crippen MR) is 59.7 cm³/mol. The third-order valence-corrected chi connectivity index (χ3v) is 1.87. The van der Waals surface area contributed by atoms with Crippen LogP contribution < -0.4 is 10.6 Å². The summed E-state index contributed by atoms with van der Waals surface area (Å²) in [5.74, 6) is -2.14. The molecule has 0 aliphatic heterocycles. The topological polar surface area (TPSA) is 78.4 Å². The number of benzene rings is 1. The first-order chi connectivity index (χ1) is 7.99. The van der Waals surface area contributed by atoms with Gasteiger partial charge in [0.25, 0.3) is 0 Å². The van der Waals surface area contributed by atoms with Gasteiger partial charge in [-0.3, -0.25) is 9.59 Å². The van der Waals surface area contributed by atoms with Gasteiger partial charge in [-0.15, -0.1) is 0 Å². The lowest BCUT2D eigenvalue weighted by Crippen LogP contribution is -2.38. The minimum atomic E-state index is -0.864. The largest absolute Gasteiger partial charge is 0.392 e. The number of halogens is 1. The smallest absolute Gasteiger partial charge is 0.313 e. The van der Waals surface area contributed by atoms with Crippen molar-refractivity contribution in [2.24, 2.45) is 0 Å². The maximum absolute atomic E-state index is 12.6. The lowest BCUT2D eigenvalue weighted by molar-refractivity contribution is -0.136. The molecule has 1 atom stereocenters. The number of hydrogen-bond donors (Lipinski definition) is 3. The van der Waals surface area contributed by atoms with Crippen molar-refractivity contribution in [2.45, 2.75) is 13.0 Å². The second kappa shape index (κ2) is 5.95. The number of carbonyl (C=O) groups excluding carboxylic acids is 2. The molecule has 5 nitrogen and oxygen atoms in total. The zero-order valence-corrected chi connectivity index (χ0v) is 9.24. The van der Waals surface area contributed by atoms with Crippen LogP contribution in [0.3, 0.4) is 0 Å². The van der Waals surface area contributed by atoms with E-state index in [1.807, 2.05) is 0 Å². The Morgan fingerprint density at radius 3 is 2.41 bits per heavy atom. The van der Waals surface area contributed by atoms with Crippen LogP contribution in [0.1, 0.15) is 6.92 Å². The second-order valence-corrected chi connectivity index (χ2v) is 3.52. The molecule has 1 aromatic rings. The molecule has 1 unspecified atom stereocenters. The highest BCUT2D eigenvalue weighted by atomic mass is 19.1. The fourth-order valence-corrected chi connectivity index (χ4v) is 1.04. The van der Waals surface area contributed by atoms with Crippen LogP contribution in [0.25, 0.3) is 0 Å². The Morgan fingerprint density at radius 2 is 1.88 bits per heavy atom. The number of carbonyl (C=O) groups is 2. The van der Waals surface area contributed by atoms with Crippen LogP contribution in [-0.4, -0.2) is 29.6 Å². The number of aliphatic hydroxyl groups excluding tert-OH is 1. The van der Waals surface area contributed by atoms with E-state index in [0.717, 1.165) is 0 Å². The van der Waals surface area contributed by atoms with E-state index in [9.17, 15) is 14.0 Å². The summed E-state index contributed by atoms with van der Waals surface area (Å²) in [5.41, 5.74) is 0.323. The zero-order valence-electron chi connectivity index (χ0n) is 9.24. The van der Waals surface area contributed by atoms with Gasteiger partial charge < -0.3 is 15.7 Å². The molecule has 0 saturated carbocycles. The molecule has 0 aliphatic carbocycles. The molecular weight excluding hydrogens is 227 g/mol. The third kappa shape index (κ3) is 4.60. The van der Waals surface area contributed by atoms with Crippen molar-refractivity contribution in [2.75, 3.05) is 11.9 Å². The van der Waals surface area contributed by atoms with Crippen LogP contribution in [0.15, 0.2) is 24.3 Å². The third-order valence-electron chi connectivity index (χ3n) is 1.87. The quantitative estimate of drug-likeness (QED) is 0.663. The van der Waals surface area contributed by atoms with Gasteiger partial charge in [0, 0.05) is 12.2 Å². The number of hydrogen-bond acceptors (Lipinski definition) is 3. The summed E-state index contributed by atoms with van der Waals surface area (Å²) in [7, 11) is 0. The molecule has 1 rings (SSSR count). The lowest BCUT2D eigenvalue weighted by atomic mass is 10.3. The van der Waals surface area contributed by atoms with Crippen molar-refractivity contribution < 1.29 is 19.1 Å². The van der Waals surface area contributed by atoms with E-state index >= 15 is 0 Å². The molecule has 0 fully saturated rings. The molecule has 6 heteroatoms. The first-order valence-electron chi connectivity index (χ1n) is 5.02. The second-order valence-electron chi connectivity index (χ2n) is 3.52. The average Bonchev–Trinajstić information content (AvgIpc) is 2.28. The van der Waals surface area contributed by atoms with Gasteiger partial charge in [0.15, 0.2) is 0 Å². The Morgan fingerprint density at radius 1 is 1.29 bits per heavy atom. The van der Waals surface area contributed by atoms with Gasteiger partial charge in [-0.2, -0.15) is 0 Å². The summed E-state index contributed by atoms with van der Waals surface area (Å²) in [6.45, 7) is 1.48.